The standard InChI is InChI=1S/C21H42N4O4/c1-13(2)12-14(15(18(27)25-29)23-11-10-20(3,4)5)17(26)24-16(19(28)22-9)21(6,7)8/h13-16,23,29H,10-12H2,1-9H3,(H,22,28)(H,24,26)(H,25,27)/t14-,15+,16-/m1/s1. The Kier molecular flexibility index (Phi) is 10.8. The molecule has 0 spiro atoms. The van der Waals surface area contributed by atoms with Crippen molar-refractivity contribution < 1.29 is 19.6 Å². The summed E-state index contributed by atoms with van der Waals surface area (Å²) in [5.41, 5.74) is 1.23. The van der Waals surface area contributed by atoms with Gasteiger partial charge in [-0.05, 0) is 36.1 Å². The lowest BCUT2D eigenvalue weighted by Gasteiger charge is -2.33. The van der Waals surface area contributed by atoms with Crippen molar-refractivity contribution in [3.05, 3.63) is 0 Å². The van der Waals surface area contributed by atoms with E-state index >= 15 is 0 Å². The first-order chi connectivity index (χ1) is 13.1. The van der Waals surface area contributed by atoms with Crippen LogP contribution in [-0.4, -0.2) is 48.6 Å². The molecular weight excluding hydrogens is 372 g/mol. The first-order valence-corrected chi connectivity index (χ1v) is 10.3. The van der Waals surface area contributed by atoms with Gasteiger partial charge in [0.1, 0.15) is 12.1 Å². The molecule has 0 aliphatic carbocycles. The Balaban J connectivity index is 5.69. The Hall–Kier alpha value is -1.67. The molecule has 5 N–H and O–H groups in total. The van der Waals surface area contributed by atoms with Crippen molar-refractivity contribution in [1.29, 1.82) is 0 Å². The smallest absolute Gasteiger partial charge is 0.261 e. The fourth-order valence-corrected chi connectivity index (χ4v) is 3.06. The van der Waals surface area contributed by atoms with Crippen LogP contribution in [0.3, 0.4) is 0 Å². The van der Waals surface area contributed by atoms with Gasteiger partial charge in [0.2, 0.25) is 11.8 Å². The maximum absolute atomic E-state index is 13.2. The third kappa shape index (κ3) is 10.1. The molecule has 29 heavy (non-hydrogen) atoms. The van der Waals surface area contributed by atoms with Crippen LogP contribution in [0.1, 0.15) is 68.2 Å². The van der Waals surface area contributed by atoms with Gasteiger partial charge in [0, 0.05) is 7.05 Å². The molecule has 170 valence electrons. The van der Waals surface area contributed by atoms with Crippen LogP contribution in [0.4, 0.5) is 0 Å². The number of carbonyl (C=O) groups is 3. The third-order valence-electron chi connectivity index (χ3n) is 4.76. The van der Waals surface area contributed by atoms with E-state index < -0.39 is 29.3 Å². The van der Waals surface area contributed by atoms with Crippen molar-refractivity contribution in [3.63, 3.8) is 0 Å². The summed E-state index contributed by atoms with van der Waals surface area (Å²) in [5, 5.41) is 17.8. The van der Waals surface area contributed by atoms with Crippen LogP contribution in [-0.2, 0) is 14.4 Å². The Morgan fingerprint density at radius 2 is 1.48 bits per heavy atom. The van der Waals surface area contributed by atoms with E-state index in [1.54, 1.807) is 5.48 Å². The second-order valence-corrected chi connectivity index (χ2v) is 10.4. The summed E-state index contributed by atoms with van der Waals surface area (Å²) < 4.78 is 0. The van der Waals surface area contributed by atoms with E-state index in [0.29, 0.717) is 13.0 Å². The normalized spacial score (nSPS) is 15.4. The van der Waals surface area contributed by atoms with Gasteiger partial charge in [0.05, 0.1) is 5.92 Å². The molecule has 3 atom stereocenters. The first kappa shape index (κ1) is 27.3. The quantitative estimate of drug-likeness (QED) is 0.276. The second-order valence-electron chi connectivity index (χ2n) is 10.4. The van der Waals surface area contributed by atoms with Crippen molar-refractivity contribution in [2.45, 2.75) is 80.3 Å². The molecule has 0 saturated carbocycles. The van der Waals surface area contributed by atoms with Gasteiger partial charge in [-0.15, -0.1) is 0 Å². The predicted octanol–water partition coefficient (Wildman–Crippen LogP) is 1.83. The van der Waals surface area contributed by atoms with Gasteiger partial charge in [-0.25, -0.2) is 5.48 Å². The van der Waals surface area contributed by atoms with Gasteiger partial charge in [-0.2, -0.15) is 0 Å². The molecule has 0 bridgehead atoms. The number of hydroxylamine groups is 1. The molecule has 0 rings (SSSR count). The molecule has 0 fully saturated rings. The van der Waals surface area contributed by atoms with E-state index in [9.17, 15) is 19.6 Å². The predicted molar refractivity (Wildman–Crippen MR) is 114 cm³/mol. The van der Waals surface area contributed by atoms with Crippen LogP contribution in [0, 0.1) is 22.7 Å². The van der Waals surface area contributed by atoms with E-state index in [1.807, 2.05) is 34.6 Å². The third-order valence-corrected chi connectivity index (χ3v) is 4.76. The Bertz CT molecular complexity index is 550. The molecule has 0 saturated heterocycles. The van der Waals surface area contributed by atoms with E-state index in [-0.39, 0.29) is 23.1 Å². The summed E-state index contributed by atoms with van der Waals surface area (Å²) in [5.74, 6) is -1.95. The summed E-state index contributed by atoms with van der Waals surface area (Å²) in [6.07, 6.45) is 1.22. The summed E-state index contributed by atoms with van der Waals surface area (Å²) in [4.78, 5) is 37.9. The Labute approximate surface area is 175 Å². The van der Waals surface area contributed by atoms with Gasteiger partial charge in [0.25, 0.3) is 5.91 Å². The topological polar surface area (TPSA) is 120 Å². The van der Waals surface area contributed by atoms with Crippen molar-refractivity contribution in [1.82, 2.24) is 21.4 Å². The molecule has 0 aliphatic rings. The van der Waals surface area contributed by atoms with Gasteiger partial charge in [-0.3, -0.25) is 19.6 Å². The van der Waals surface area contributed by atoms with Crippen molar-refractivity contribution in [2.75, 3.05) is 13.6 Å². The zero-order chi connectivity index (χ0) is 23.0. The highest BCUT2D eigenvalue weighted by molar-refractivity contribution is 5.93. The second kappa shape index (κ2) is 11.5. The number of likely N-dealkylation sites (N-methyl/N-ethyl adjacent to an activating group) is 1. The van der Waals surface area contributed by atoms with Gasteiger partial charge < -0.3 is 16.0 Å². The average molecular weight is 415 g/mol. The summed E-state index contributed by atoms with van der Waals surface area (Å²) in [6, 6.07) is -1.66. The highest BCUT2D eigenvalue weighted by Gasteiger charge is 2.38. The minimum Gasteiger partial charge on any atom is -0.357 e. The fraction of sp³-hybridized carbons (Fsp3) is 0.857. The molecule has 0 aromatic rings. The maximum Gasteiger partial charge on any atom is 0.261 e. The van der Waals surface area contributed by atoms with E-state index in [4.69, 9.17) is 0 Å². The van der Waals surface area contributed by atoms with Crippen LogP contribution in [0.25, 0.3) is 0 Å². The van der Waals surface area contributed by atoms with Crippen molar-refractivity contribution >= 4 is 17.7 Å². The average Bonchev–Trinajstić information content (AvgIpc) is 2.58. The fourth-order valence-electron chi connectivity index (χ4n) is 3.06. The molecule has 3 amide bonds. The molecule has 8 nitrogen and oxygen atoms in total. The molecule has 0 aromatic carbocycles. The van der Waals surface area contributed by atoms with E-state index in [1.165, 1.54) is 7.05 Å². The zero-order valence-electron chi connectivity index (χ0n) is 19.6. The van der Waals surface area contributed by atoms with Crippen molar-refractivity contribution in [2.24, 2.45) is 22.7 Å². The lowest BCUT2D eigenvalue weighted by Crippen LogP contribution is -2.58. The monoisotopic (exact) mass is 414 g/mol. The largest absolute Gasteiger partial charge is 0.357 e. The molecule has 0 aromatic heterocycles. The van der Waals surface area contributed by atoms with E-state index in [2.05, 4.69) is 36.7 Å². The van der Waals surface area contributed by atoms with Gasteiger partial charge in [0.15, 0.2) is 0 Å². The summed E-state index contributed by atoms with van der Waals surface area (Å²) in [6.45, 7) is 16.3. The van der Waals surface area contributed by atoms with Crippen LogP contribution in [0.15, 0.2) is 0 Å². The molecule has 0 aliphatic heterocycles. The van der Waals surface area contributed by atoms with Crippen LogP contribution >= 0.6 is 0 Å². The van der Waals surface area contributed by atoms with Crippen LogP contribution < -0.4 is 21.4 Å². The SMILES string of the molecule is CNC(=O)[C@@H](NC(=O)[C@H](CC(C)C)[C@H](NCCC(C)(C)C)C(=O)NO)C(C)(C)C. The Morgan fingerprint density at radius 3 is 1.86 bits per heavy atom. The van der Waals surface area contributed by atoms with E-state index in [0.717, 1.165) is 6.42 Å². The maximum atomic E-state index is 13.2. The molecular formula is C21H42N4O4. The van der Waals surface area contributed by atoms with Crippen molar-refractivity contribution in [3.8, 4) is 0 Å². The highest BCUT2D eigenvalue weighted by atomic mass is 16.5. The highest BCUT2D eigenvalue weighted by Crippen LogP contribution is 2.23. The number of rotatable bonds is 10. The lowest BCUT2D eigenvalue weighted by atomic mass is 9.84. The van der Waals surface area contributed by atoms with Gasteiger partial charge in [-0.1, -0.05) is 55.4 Å². The summed E-state index contributed by atoms with van der Waals surface area (Å²) >= 11 is 0. The minimum atomic E-state index is -0.907. The number of hydrogen-bond acceptors (Lipinski definition) is 5. The van der Waals surface area contributed by atoms with Crippen LogP contribution in [0.5, 0.6) is 0 Å². The minimum absolute atomic E-state index is 0.0551. The zero-order valence-corrected chi connectivity index (χ0v) is 19.6. The van der Waals surface area contributed by atoms with Gasteiger partial charge >= 0.3 is 0 Å². The lowest BCUT2D eigenvalue weighted by molar-refractivity contribution is -0.140. The molecule has 8 heteroatoms. The van der Waals surface area contributed by atoms with Crippen LogP contribution in [0.2, 0.25) is 0 Å². The molecule has 0 unspecified atom stereocenters. The molecule has 0 radical (unpaired) electrons. The number of nitrogens with one attached hydrogen (secondary N) is 4. The molecule has 0 heterocycles. The number of amides is 3. The first-order valence-electron chi connectivity index (χ1n) is 10.3. The number of carbonyl (C=O) groups excluding carboxylic acids is 3. The number of hydrogen-bond donors (Lipinski definition) is 5. The Morgan fingerprint density at radius 1 is 0.931 bits per heavy atom. The summed E-state index contributed by atoms with van der Waals surface area (Å²) in [7, 11) is 1.52.